The van der Waals surface area contributed by atoms with E-state index in [-0.39, 0.29) is 11.9 Å². The third kappa shape index (κ3) is 3.26. The maximum absolute atomic E-state index is 12.3. The van der Waals surface area contributed by atoms with Crippen LogP contribution in [0.5, 0.6) is 0 Å². The number of hydrogen-bond acceptors (Lipinski definition) is 3. The molecule has 0 spiro atoms. The molecule has 19 heavy (non-hydrogen) atoms. The molecule has 4 heteroatoms. The highest BCUT2D eigenvalue weighted by Gasteiger charge is 2.27. The van der Waals surface area contributed by atoms with Crippen molar-refractivity contribution < 1.29 is 4.79 Å². The zero-order chi connectivity index (χ0) is 14.0. The molecule has 3 N–H and O–H groups in total. The van der Waals surface area contributed by atoms with Gasteiger partial charge in [-0.05, 0) is 50.4 Å². The van der Waals surface area contributed by atoms with E-state index in [1.807, 2.05) is 32.0 Å². The number of carbonyl (C=O) groups is 1. The number of benzene rings is 1. The van der Waals surface area contributed by atoms with Gasteiger partial charge in [0.25, 0.3) is 0 Å². The Bertz CT molecular complexity index is 472. The van der Waals surface area contributed by atoms with Crippen molar-refractivity contribution in [3.63, 3.8) is 0 Å². The summed E-state index contributed by atoms with van der Waals surface area (Å²) in [7, 11) is 0. The van der Waals surface area contributed by atoms with E-state index in [1.165, 1.54) is 6.42 Å². The highest BCUT2D eigenvalue weighted by molar-refractivity contribution is 5.95. The molecule has 1 fully saturated rings. The molecule has 1 aliphatic rings. The van der Waals surface area contributed by atoms with Crippen LogP contribution in [0.25, 0.3) is 0 Å². The molecular weight excluding hydrogens is 238 g/mol. The molecule has 0 saturated carbocycles. The lowest BCUT2D eigenvalue weighted by Gasteiger charge is -2.23. The first kappa shape index (κ1) is 13.9. The molecule has 4 nitrogen and oxygen atoms in total. The third-order valence-corrected chi connectivity index (χ3v) is 3.90. The largest absolute Gasteiger partial charge is 0.399 e. The molecular formula is C15H23N3O. The number of aryl methyl sites for hydroxylation is 1. The SMILES string of the molecule is Cc1ccc(N)cc1NC(=O)C(C)N1CCC(C)C1. The average molecular weight is 261 g/mol. The van der Waals surface area contributed by atoms with Gasteiger partial charge in [0.1, 0.15) is 0 Å². The first-order chi connectivity index (χ1) is 8.97. The Labute approximate surface area is 115 Å². The highest BCUT2D eigenvalue weighted by atomic mass is 16.2. The number of nitrogens with two attached hydrogens (primary N) is 1. The second-order valence-electron chi connectivity index (χ2n) is 5.63. The standard InChI is InChI=1S/C15H23N3O/c1-10-6-7-18(9-10)12(3)15(19)17-14-8-13(16)5-4-11(14)2/h4-5,8,10,12H,6-7,9,16H2,1-3H3,(H,17,19). The van der Waals surface area contributed by atoms with Gasteiger partial charge in [-0.2, -0.15) is 0 Å². The van der Waals surface area contributed by atoms with Crippen LogP contribution >= 0.6 is 0 Å². The molecule has 2 unspecified atom stereocenters. The van der Waals surface area contributed by atoms with Gasteiger partial charge < -0.3 is 11.1 Å². The van der Waals surface area contributed by atoms with E-state index < -0.39 is 0 Å². The summed E-state index contributed by atoms with van der Waals surface area (Å²) in [6, 6.07) is 5.49. The van der Waals surface area contributed by atoms with Crippen molar-refractivity contribution in [3.8, 4) is 0 Å². The Morgan fingerprint density at radius 1 is 1.53 bits per heavy atom. The minimum absolute atomic E-state index is 0.0443. The van der Waals surface area contributed by atoms with Crippen LogP contribution in [0.1, 0.15) is 25.8 Å². The van der Waals surface area contributed by atoms with Crippen LogP contribution in [0.15, 0.2) is 18.2 Å². The molecule has 0 bridgehead atoms. The van der Waals surface area contributed by atoms with Crippen molar-refractivity contribution >= 4 is 17.3 Å². The van der Waals surface area contributed by atoms with Gasteiger partial charge in [-0.15, -0.1) is 0 Å². The second kappa shape index (κ2) is 5.61. The molecule has 1 aromatic carbocycles. The molecule has 1 saturated heterocycles. The molecule has 1 heterocycles. The number of likely N-dealkylation sites (tertiary alicyclic amines) is 1. The van der Waals surface area contributed by atoms with Crippen LogP contribution in [0.2, 0.25) is 0 Å². The van der Waals surface area contributed by atoms with Crippen molar-refractivity contribution in [1.82, 2.24) is 4.90 Å². The third-order valence-electron chi connectivity index (χ3n) is 3.90. The Kier molecular flexibility index (Phi) is 4.10. The Morgan fingerprint density at radius 2 is 2.26 bits per heavy atom. The summed E-state index contributed by atoms with van der Waals surface area (Å²) in [5, 5.41) is 2.98. The van der Waals surface area contributed by atoms with E-state index in [0.29, 0.717) is 11.6 Å². The van der Waals surface area contributed by atoms with Crippen LogP contribution < -0.4 is 11.1 Å². The van der Waals surface area contributed by atoms with Gasteiger partial charge in [0.15, 0.2) is 0 Å². The Morgan fingerprint density at radius 3 is 2.89 bits per heavy atom. The van der Waals surface area contributed by atoms with Crippen LogP contribution in [-0.4, -0.2) is 29.9 Å². The van der Waals surface area contributed by atoms with E-state index in [0.717, 1.165) is 24.3 Å². The Balaban J connectivity index is 2.02. The predicted molar refractivity (Wildman–Crippen MR) is 79.0 cm³/mol. The minimum Gasteiger partial charge on any atom is -0.399 e. The highest BCUT2D eigenvalue weighted by Crippen LogP contribution is 2.21. The fraction of sp³-hybridized carbons (Fsp3) is 0.533. The number of nitrogens with one attached hydrogen (secondary N) is 1. The summed E-state index contributed by atoms with van der Waals surface area (Å²) >= 11 is 0. The fourth-order valence-corrected chi connectivity index (χ4v) is 2.50. The molecule has 1 aromatic rings. The van der Waals surface area contributed by atoms with Crippen LogP contribution in [0.3, 0.4) is 0 Å². The normalized spacial score (nSPS) is 21.3. The van der Waals surface area contributed by atoms with Gasteiger partial charge >= 0.3 is 0 Å². The lowest BCUT2D eigenvalue weighted by molar-refractivity contribution is -0.120. The van der Waals surface area contributed by atoms with Crippen molar-refractivity contribution in [2.45, 2.75) is 33.2 Å². The molecule has 0 radical (unpaired) electrons. The van der Waals surface area contributed by atoms with E-state index in [9.17, 15) is 4.79 Å². The quantitative estimate of drug-likeness (QED) is 0.820. The van der Waals surface area contributed by atoms with E-state index in [4.69, 9.17) is 5.73 Å². The van der Waals surface area contributed by atoms with Gasteiger partial charge in [-0.25, -0.2) is 0 Å². The molecule has 1 aliphatic heterocycles. The van der Waals surface area contributed by atoms with Crippen LogP contribution in [0, 0.1) is 12.8 Å². The maximum Gasteiger partial charge on any atom is 0.241 e. The summed E-state index contributed by atoms with van der Waals surface area (Å²) in [6.07, 6.45) is 1.18. The van der Waals surface area contributed by atoms with Crippen molar-refractivity contribution in [2.75, 3.05) is 24.1 Å². The number of nitrogen functional groups attached to an aromatic ring is 1. The zero-order valence-electron chi connectivity index (χ0n) is 11.9. The molecule has 2 atom stereocenters. The topological polar surface area (TPSA) is 58.4 Å². The van der Waals surface area contributed by atoms with Gasteiger partial charge in [0, 0.05) is 17.9 Å². The number of rotatable bonds is 3. The number of nitrogens with zero attached hydrogens (tertiary/aromatic N) is 1. The number of carbonyl (C=O) groups excluding carboxylic acids is 1. The maximum atomic E-state index is 12.3. The van der Waals surface area contributed by atoms with Gasteiger partial charge in [-0.1, -0.05) is 13.0 Å². The summed E-state index contributed by atoms with van der Waals surface area (Å²) in [5.74, 6) is 0.729. The number of hydrogen-bond donors (Lipinski definition) is 2. The van der Waals surface area contributed by atoms with E-state index in [2.05, 4.69) is 17.1 Å². The molecule has 104 valence electrons. The lowest BCUT2D eigenvalue weighted by Crippen LogP contribution is -2.40. The zero-order valence-corrected chi connectivity index (χ0v) is 11.9. The summed E-state index contributed by atoms with van der Waals surface area (Å²) in [4.78, 5) is 14.5. The Hall–Kier alpha value is -1.55. The monoisotopic (exact) mass is 261 g/mol. The summed E-state index contributed by atoms with van der Waals surface area (Å²) in [6.45, 7) is 8.18. The smallest absolute Gasteiger partial charge is 0.241 e. The molecule has 0 aromatic heterocycles. The molecule has 1 amide bonds. The lowest BCUT2D eigenvalue weighted by atomic mass is 10.1. The second-order valence-corrected chi connectivity index (χ2v) is 5.63. The number of anilines is 2. The van der Waals surface area contributed by atoms with E-state index >= 15 is 0 Å². The summed E-state index contributed by atoms with van der Waals surface area (Å²) < 4.78 is 0. The van der Waals surface area contributed by atoms with E-state index in [1.54, 1.807) is 0 Å². The average Bonchev–Trinajstić information content (AvgIpc) is 2.79. The predicted octanol–water partition coefficient (Wildman–Crippen LogP) is 2.25. The van der Waals surface area contributed by atoms with Gasteiger partial charge in [0.05, 0.1) is 6.04 Å². The summed E-state index contributed by atoms with van der Waals surface area (Å²) in [5.41, 5.74) is 8.27. The van der Waals surface area contributed by atoms with Crippen molar-refractivity contribution in [3.05, 3.63) is 23.8 Å². The first-order valence-corrected chi connectivity index (χ1v) is 6.88. The van der Waals surface area contributed by atoms with Crippen molar-refractivity contribution in [1.29, 1.82) is 0 Å². The van der Waals surface area contributed by atoms with Gasteiger partial charge in [-0.3, -0.25) is 9.69 Å². The molecule has 0 aliphatic carbocycles. The van der Waals surface area contributed by atoms with Crippen molar-refractivity contribution in [2.24, 2.45) is 5.92 Å². The fourth-order valence-electron chi connectivity index (χ4n) is 2.50. The number of amides is 1. The van der Waals surface area contributed by atoms with Crippen LogP contribution in [0.4, 0.5) is 11.4 Å². The first-order valence-electron chi connectivity index (χ1n) is 6.88. The minimum atomic E-state index is -0.0919. The van der Waals surface area contributed by atoms with Gasteiger partial charge in [0.2, 0.25) is 5.91 Å². The van der Waals surface area contributed by atoms with Crippen LogP contribution in [-0.2, 0) is 4.79 Å². The molecule has 2 rings (SSSR count).